The van der Waals surface area contributed by atoms with Crippen molar-refractivity contribution in [2.75, 3.05) is 0 Å². The van der Waals surface area contributed by atoms with Gasteiger partial charge < -0.3 is 10.1 Å². The summed E-state index contributed by atoms with van der Waals surface area (Å²) in [7, 11) is 0. The third kappa shape index (κ3) is 4.95. The van der Waals surface area contributed by atoms with Crippen molar-refractivity contribution in [1.29, 1.82) is 0 Å². The number of carbonyl (C=O) groups excluding carboxylic acids is 1. The van der Waals surface area contributed by atoms with Crippen molar-refractivity contribution in [2.24, 2.45) is 0 Å². The van der Waals surface area contributed by atoms with Gasteiger partial charge in [-0.2, -0.15) is 19.0 Å². The smallest absolute Gasteiger partial charge is 0.321 e. The lowest BCUT2D eigenvalue weighted by Crippen LogP contribution is -2.46. The number of hydrogen-bond donors (Lipinski definition) is 1. The number of ether oxygens (including phenoxy) is 1. The fourth-order valence-corrected chi connectivity index (χ4v) is 3.98. The molecule has 0 aliphatic rings. The van der Waals surface area contributed by atoms with Gasteiger partial charge in [0, 0.05) is 23.9 Å². The molecule has 8 nitrogen and oxygen atoms in total. The zero-order valence-corrected chi connectivity index (χ0v) is 19.6. The summed E-state index contributed by atoms with van der Waals surface area (Å²) >= 11 is 0. The number of pyridine rings is 1. The minimum atomic E-state index is -3.64. The molecule has 2 atom stereocenters. The van der Waals surface area contributed by atoms with Gasteiger partial charge >= 0.3 is 5.92 Å². The summed E-state index contributed by atoms with van der Waals surface area (Å²) in [6.07, 6.45) is 3.63. The van der Waals surface area contributed by atoms with Crippen molar-refractivity contribution in [1.82, 2.24) is 29.7 Å². The van der Waals surface area contributed by atoms with Gasteiger partial charge in [-0.05, 0) is 49.4 Å². The van der Waals surface area contributed by atoms with Gasteiger partial charge in [0.2, 0.25) is 0 Å². The molecule has 0 bridgehead atoms. The Hall–Kier alpha value is -4.48. The number of carbonyl (C=O) groups is 1. The van der Waals surface area contributed by atoms with E-state index in [1.165, 1.54) is 13.3 Å². The third-order valence-corrected chi connectivity index (χ3v) is 5.73. The highest BCUT2D eigenvalue weighted by atomic mass is 19.3. The highest BCUT2D eigenvalue weighted by Gasteiger charge is 2.35. The molecule has 3 aromatic heterocycles. The van der Waals surface area contributed by atoms with E-state index in [9.17, 15) is 22.4 Å². The Morgan fingerprint density at radius 2 is 1.81 bits per heavy atom. The van der Waals surface area contributed by atoms with Crippen LogP contribution in [0.3, 0.4) is 0 Å². The molecule has 1 amide bonds. The molecule has 0 spiro atoms. The largest absolute Gasteiger partial charge is 0.484 e. The normalized spacial score (nSPS) is 13.6. The molecule has 0 aliphatic carbocycles. The number of fused-ring (bicyclic) bond motifs is 2. The minimum Gasteiger partial charge on any atom is -0.484 e. The van der Waals surface area contributed by atoms with E-state index in [1.807, 2.05) is 6.07 Å². The van der Waals surface area contributed by atoms with Gasteiger partial charge in [-0.3, -0.25) is 4.79 Å². The maximum Gasteiger partial charge on any atom is 0.321 e. The second-order valence-corrected chi connectivity index (χ2v) is 8.62. The first-order chi connectivity index (χ1) is 17.6. The molecular weight excluding hydrogens is 492 g/mol. The zero-order valence-electron chi connectivity index (χ0n) is 19.6. The van der Waals surface area contributed by atoms with Crippen LogP contribution in [0.15, 0.2) is 67.3 Å². The summed E-state index contributed by atoms with van der Waals surface area (Å²) in [4.78, 5) is 16.0. The molecule has 0 unspecified atom stereocenters. The lowest BCUT2D eigenvalue weighted by atomic mass is 10.0. The van der Waals surface area contributed by atoms with Crippen LogP contribution in [0.5, 0.6) is 5.75 Å². The Morgan fingerprint density at radius 3 is 2.54 bits per heavy atom. The monoisotopic (exact) mass is 512 g/mol. The van der Waals surface area contributed by atoms with Gasteiger partial charge in [0.15, 0.2) is 5.65 Å². The summed E-state index contributed by atoms with van der Waals surface area (Å²) < 4.78 is 64.2. The molecule has 0 aliphatic heterocycles. The molecule has 5 aromatic rings. The van der Waals surface area contributed by atoms with Crippen LogP contribution in [-0.4, -0.2) is 42.3 Å². The summed E-state index contributed by atoms with van der Waals surface area (Å²) in [6.45, 7) is 1.87. The molecule has 3 heterocycles. The van der Waals surface area contributed by atoms with Crippen molar-refractivity contribution in [3.8, 4) is 11.4 Å². The Kier molecular flexibility index (Phi) is 6.02. The van der Waals surface area contributed by atoms with Crippen LogP contribution < -0.4 is 10.1 Å². The van der Waals surface area contributed by atoms with Crippen molar-refractivity contribution < 1.29 is 27.1 Å². The van der Waals surface area contributed by atoms with E-state index in [-0.39, 0.29) is 11.3 Å². The van der Waals surface area contributed by atoms with E-state index in [1.54, 1.807) is 45.9 Å². The molecule has 37 heavy (non-hydrogen) atoms. The lowest BCUT2D eigenvalue weighted by molar-refractivity contribution is -0.144. The summed E-state index contributed by atoms with van der Waals surface area (Å²) in [5, 5.41) is 11.4. The number of halogens is 4. The van der Waals surface area contributed by atoms with Crippen LogP contribution in [0.25, 0.3) is 22.2 Å². The Balaban J connectivity index is 1.47. The fourth-order valence-electron chi connectivity index (χ4n) is 3.98. The van der Waals surface area contributed by atoms with Crippen LogP contribution in [0.2, 0.25) is 0 Å². The Morgan fingerprint density at radius 1 is 1.05 bits per heavy atom. The number of alkyl halides is 2. The van der Waals surface area contributed by atoms with Crippen LogP contribution in [-0.2, 0) is 4.79 Å². The molecule has 1 N–H and O–H groups in total. The van der Waals surface area contributed by atoms with E-state index in [0.717, 1.165) is 23.3 Å². The number of benzene rings is 2. The summed E-state index contributed by atoms with van der Waals surface area (Å²) in [5.41, 5.74) is 2.16. The van der Waals surface area contributed by atoms with Gasteiger partial charge in [0.1, 0.15) is 29.8 Å². The van der Waals surface area contributed by atoms with Crippen LogP contribution in [0, 0.1) is 11.6 Å². The molecular formula is C25H20F4N6O2. The lowest BCUT2D eigenvalue weighted by Gasteiger charge is -2.27. The van der Waals surface area contributed by atoms with Crippen molar-refractivity contribution in [3.63, 3.8) is 0 Å². The quantitative estimate of drug-likeness (QED) is 0.322. The number of nitrogens with one attached hydrogen (secondary N) is 1. The molecule has 5 rings (SSSR count). The van der Waals surface area contributed by atoms with Crippen LogP contribution in [0.1, 0.15) is 25.5 Å². The van der Waals surface area contributed by atoms with Crippen LogP contribution in [0.4, 0.5) is 17.6 Å². The van der Waals surface area contributed by atoms with E-state index in [0.29, 0.717) is 24.0 Å². The van der Waals surface area contributed by atoms with Gasteiger partial charge in [0.05, 0.1) is 29.6 Å². The van der Waals surface area contributed by atoms with Gasteiger partial charge in [-0.25, -0.2) is 23.0 Å². The molecule has 0 radical (unpaired) electrons. The number of hydrogen-bond acceptors (Lipinski definition) is 5. The summed E-state index contributed by atoms with van der Waals surface area (Å²) in [6, 6.07) is 10.3. The maximum absolute atomic E-state index is 14.0. The van der Waals surface area contributed by atoms with Crippen molar-refractivity contribution in [2.45, 2.75) is 31.9 Å². The maximum atomic E-state index is 14.0. The predicted octanol–water partition coefficient (Wildman–Crippen LogP) is 4.63. The van der Waals surface area contributed by atoms with Crippen molar-refractivity contribution >= 4 is 22.5 Å². The number of aromatic nitrogens is 5. The molecule has 12 heteroatoms. The Bertz CT molecular complexity index is 1590. The average molecular weight is 512 g/mol. The van der Waals surface area contributed by atoms with E-state index >= 15 is 0 Å². The zero-order chi connectivity index (χ0) is 26.3. The molecule has 0 saturated carbocycles. The number of rotatable bonds is 7. The number of amides is 1. The minimum absolute atomic E-state index is 0.0293. The van der Waals surface area contributed by atoms with Crippen molar-refractivity contribution in [3.05, 3.63) is 84.4 Å². The highest BCUT2D eigenvalue weighted by molar-refractivity contribution is 5.83. The molecule has 0 fully saturated rings. The Labute approximate surface area is 207 Å². The first-order valence-corrected chi connectivity index (χ1v) is 11.2. The fraction of sp³-hybridized carbons (Fsp3) is 0.200. The van der Waals surface area contributed by atoms with Gasteiger partial charge in [-0.15, -0.1) is 0 Å². The molecule has 190 valence electrons. The summed E-state index contributed by atoms with van der Waals surface area (Å²) in [5.74, 6) is -6.65. The van der Waals surface area contributed by atoms with Gasteiger partial charge in [0.25, 0.3) is 5.91 Å². The first-order valence-electron chi connectivity index (χ1n) is 11.2. The molecule has 2 aromatic carbocycles. The number of nitrogens with zero attached hydrogens (tertiary/aromatic N) is 5. The topological polar surface area (TPSA) is 86.3 Å². The second kappa shape index (κ2) is 9.19. The SMILES string of the molecule is C[C@H](NC(=O)C(C)(F)F)[C@H](Oc1ccc2c(cnn2-c2ccc3ncnn3c2)c1)c1cc(F)cc(F)c1. The highest BCUT2D eigenvalue weighted by Crippen LogP contribution is 2.30. The second-order valence-electron chi connectivity index (χ2n) is 8.62. The van der Waals surface area contributed by atoms with Crippen LogP contribution >= 0.6 is 0 Å². The van der Waals surface area contributed by atoms with E-state index in [4.69, 9.17) is 4.74 Å². The molecule has 0 saturated heterocycles. The van der Waals surface area contributed by atoms with E-state index < -0.39 is 35.6 Å². The standard InChI is InChI=1S/C25H20F4N6O2/c1-14(33-24(36)25(2,28)29)23(15-7-17(26)10-18(27)8-15)37-20-4-5-21-16(9-20)11-31-35(21)19-3-6-22-30-13-32-34(22)12-19/h3-14,23H,1-2H3,(H,33,36)/t14-,23-/m0/s1. The average Bonchev–Trinajstić information content (AvgIpc) is 3.47. The van der Waals surface area contributed by atoms with E-state index in [2.05, 4.69) is 20.5 Å². The predicted molar refractivity (Wildman–Crippen MR) is 126 cm³/mol. The van der Waals surface area contributed by atoms with Gasteiger partial charge in [-0.1, -0.05) is 0 Å². The third-order valence-electron chi connectivity index (χ3n) is 5.73. The first kappa shape index (κ1) is 24.2.